The van der Waals surface area contributed by atoms with Crippen molar-refractivity contribution >= 4 is 23.2 Å². The molecule has 44 heavy (non-hydrogen) atoms. The number of para-hydroxylation sites is 1. The minimum atomic E-state index is -0.153. The average molecular weight is 587 g/mol. The van der Waals surface area contributed by atoms with Gasteiger partial charge in [-0.15, -0.1) is 20.4 Å². The van der Waals surface area contributed by atoms with Crippen LogP contribution >= 0.6 is 0 Å². The fourth-order valence-electron chi connectivity index (χ4n) is 4.34. The summed E-state index contributed by atoms with van der Waals surface area (Å²) in [6.45, 7) is 6.19. The average Bonchev–Trinajstić information content (AvgIpc) is 3.78. The first-order valence-corrected chi connectivity index (χ1v) is 13.8. The van der Waals surface area contributed by atoms with Crippen LogP contribution in [0.4, 0.5) is 11.4 Å². The number of aromatic nitrogens is 8. The van der Waals surface area contributed by atoms with Gasteiger partial charge in [0.15, 0.2) is 0 Å². The lowest BCUT2D eigenvalue weighted by Gasteiger charge is -2.13. The SMILES string of the molecule is CC(C)c1ccccc1NC(=O)c1ccc(-c2nn[nH]n2)cc1.Cc1cccc(NC(=O)c2ccc(-c3nn[nH]n3)cc2)c1. The van der Waals surface area contributed by atoms with Crippen molar-refractivity contribution in [3.05, 3.63) is 119 Å². The lowest BCUT2D eigenvalue weighted by Crippen LogP contribution is -2.13. The number of aryl methyl sites for hydroxylation is 1. The molecule has 0 spiro atoms. The molecule has 12 heteroatoms. The molecule has 0 unspecified atom stereocenters. The summed E-state index contributed by atoms with van der Waals surface area (Å²) >= 11 is 0. The Balaban J connectivity index is 0.000000175. The van der Waals surface area contributed by atoms with E-state index in [1.807, 2.05) is 55.5 Å². The number of tetrazole rings is 2. The van der Waals surface area contributed by atoms with E-state index in [9.17, 15) is 9.59 Å². The molecule has 0 saturated carbocycles. The van der Waals surface area contributed by atoms with Crippen molar-refractivity contribution in [1.29, 1.82) is 0 Å². The second-order valence-corrected chi connectivity index (χ2v) is 10.1. The van der Waals surface area contributed by atoms with Crippen LogP contribution < -0.4 is 10.6 Å². The molecule has 2 amide bonds. The highest BCUT2D eigenvalue weighted by Crippen LogP contribution is 2.24. The molecule has 0 aliphatic rings. The Morgan fingerprint density at radius 3 is 1.70 bits per heavy atom. The zero-order valence-electron chi connectivity index (χ0n) is 24.3. The first-order chi connectivity index (χ1) is 21.4. The van der Waals surface area contributed by atoms with Crippen LogP contribution in [0.25, 0.3) is 22.8 Å². The largest absolute Gasteiger partial charge is 0.322 e. The van der Waals surface area contributed by atoms with Crippen LogP contribution in [-0.4, -0.2) is 53.1 Å². The Hall–Kier alpha value is -6.04. The number of nitrogens with zero attached hydrogens (tertiary/aromatic N) is 6. The Morgan fingerprint density at radius 1 is 0.659 bits per heavy atom. The zero-order chi connectivity index (χ0) is 30.9. The quantitative estimate of drug-likeness (QED) is 0.186. The predicted molar refractivity (Wildman–Crippen MR) is 167 cm³/mol. The van der Waals surface area contributed by atoms with Gasteiger partial charge in [-0.2, -0.15) is 10.4 Å². The summed E-state index contributed by atoms with van der Waals surface area (Å²) in [5.41, 5.74) is 6.59. The number of hydrogen-bond acceptors (Lipinski definition) is 8. The van der Waals surface area contributed by atoms with Crippen molar-refractivity contribution in [3.63, 3.8) is 0 Å². The van der Waals surface area contributed by atoms with Crippen LogP contribution in [0, 0.1) is 6.92 Å². The number of aromatic amines is 2. The number of H-pyrrole nitrogens is 2. The molecule has 0 aliphatic heterocycles. The molecule has 2 heterocycles. The van der Waals surface area contributed by atoms with Gasteiger partial charge in [0.25, 0.3) is 11.8 Å². The molecule has 0 bridgehead atoms. The van der Waals surface area contributed by atoms with E-state index in [4.69, 9.17) is 0 Å². The van der Waals surface area contributed by atoms with E-state index in [1.165, 1.54) is 0 Å². The fraction of sp³-hybridized carbons (Fsp3) is 0.125. The standard InChI is InChI=1S/C17H17N5O.C15H13N5O/c1-11(2)14-5-3-4-6-15(14)18-17(23)13-9-7-12(8-10-13)16-19-21-22-20-16;1-10-3-2-4-13(9-10)16-15(21)12-7-5-11(6-8-12)14-17-19-20-18-14/h3-11H,1-2H3,(H,18,23)(H,19,20,21,22);2-9H,1H3,(H,16,21)(H,17,18,19,20). The molecule has 4 aromatic carbocycles. The van der Waals surface area contributed by atoms with E-state index in [2.05, 4.69) is 65.7 Å². The third-order valence-electron chi connectivity index (χ3n) is 6.61. The maximum absolute atomic E-state index is 12.4. The molecule has 6 rings (SSSR count). The van der Waals surface area contributed by atoms with Gasteiger partial charge in [-0.3, -0.25) is 9.59 Å². The summed E-state index contributed by atoms with van der Waals surface area (Å²) in [7, 11) is 0. The smallest absolute Gasteiger partial charge is 0.255 e. The fourth-order valence-corrected chi connectivity index (χ4v) is 4.34. The van der Waals surface area contributed by atoms with Crippen LogP contribution in [0.1, 0.15) is 51.6 Å². The van der Waals surface area contributed by atoms with Gasteiger partial charge in [0.05, 0.1) is 0 Å². The van der Waals surface area contributed by atoms with Crippen LogP contribution in [-0.2, 0) is 0 Å². The molecule has 4 N–H and O–H groups in total. The van der Waals surface area contributed by atoms with Crippen molar-refractivity contribution in [2.24, 2.45) is 0 Å². The minimum Gasteiger partial charge on any atom is -0.322 e. The number of carbonyl (C=O) groups excluding carboxylic acids is 2. The Kier molecular flexibility index (Phi) is 9.20. The second-order valence-electron chi connectivity index (χ2n) is 10.1. The third kappa shape index (κ3) is 7.42. The Bertz CT molecular complexity index is 1820. The molecular formula is C32H30N10O2. The first-order valence-electron chi connectivity index (χ1n) is 13.8. The molecule has 220 valence electrons. The summed E-state index contributed by atoms with van der Waals surface area (Å²) in [5.74, 6) is 1.05. The van der Waals surface area contributed by atoms with E-state index in [0.717, 1.165) is 33.6 Å². The van der Waals surface area contributed by atoms with Gasteiger partial charge >= 0.3 is 0 Å². The summed E-state index contributed by atoms with van der Waals surface area (Å²) in [6.07, 6.45) is 0. The van der Waals surface area contributed by atoms with Gasteiger partial charge in [0, 0.05) is 33.6 Å². The number of nitrogens with one attached hydrogen (secondary N) is 4. The number of anilines is 2. The number of rotatable bonds is 7. The number of carbonyl (C=O) groups is 2. The van der Waals surface area contributed by atoms with Crippen LogP contribution in [0.5, 0.6) is 0 Å². The topological polar surface area (TPSA) is 167 Å². The summed E-state index contributed by atoms with van der Waals surface area (Å²) in [4.78, 5) is 24.6. The van der Waals surface area contributed by atoms with Crippen LogP contribution in [0.2, 0.25) is 0 Å². The molecule has 2 aromatic heterocycles. The first kappa shape index (κ1) is 29.5. The third-order valence-corrected chi connectivity index (χ3v) is 6.61. The summed E-state index contributed by atoms with van der Waals surface area (Å²) in [6, 6.07) is 29.6. The van der Waals surface area contributed by atoms with E-state index in [1.54, 1.807) is 48.5 Å². The maximum atomic E-state index is 12.4. The highest BCUT2D eigenvalue weighted by molar-refractivity contribution is 6.05. The van der Waals surface area contributed by atoms with Crippen molar-refractivity contribution in [2.45, 2.75) is 26.7 Å². The van der Waals surface area contributed by atoms with Crippen molar-refractivity contribution < 1.29 is 9.59 Å². The van der Waals surface area contributed by atoms with E-state index >= 15 is 0 Å². The van der Waals surface area contributed by atoms with Crippen LogP contribution in [0.15, 0.2) is 97.1 Å². The van der Waals surface area contributed by atoms with Gasteiger partial charge in [-0.25, -0.2) is 0 Å². The molecule has 0 radical (unpaired) electrons. The molecule has 0 aliphatic carbocycles. The monoisotopic (exact) mass is 586 g/mol. The molecule has 0 fully saturated rings. The molecule has 6 aromatic rings. The Labute approximate surface area is 253 Å². The van der Waals surface area contributed by atoms with E-state index in [-0.39, 0.29) is 11.8 Å². The highest BCUT2D eigenvalue weighted by Gasteiger charge is 2.12. The van der Waals surface area contributed by atoms with Crippen molar-refractivity contribution in [2.75, 3.05) is 10.6 Å². The van der Waals surface area contributed by atoms with E-state index < -0.39 is 0 Å². The second kappa shape index (κ2) is 13.7. The van der Waals surface area contributed by atoms with Gasteiger partial charge in [0.1, 0.15) is 0 Å². The van der Waals surface area contributed by atoms with E-state index in [0.29, 0.717) is 28.7 Å². The minimum absolute atomic E-state index is 0.141. The summed E-state index contributed by atoms with van der Waals surface area (Å²) < 4.78 is 0. The number of benzene rings is 4. The molecular weight excluding hydrogens is 556 g/mol. The zero-order valence-corrected chi connectivity index (χ0v) is 24.3. The normalized spacial score (nSPS) is 10.5. The van der Waals surface area contributed by atoms with Gasteiger partial charge in [0.2, 0.25) is 11.6 Å². The number of hydrogen-bond donors (Lipinski definition) is 4. The lowest BCUT2D eigenvalue weighted by atomic mass is 10.0. The van der Waals surface area contributed by atoms with Gasteiger partial charge in [-0.05, 0) is 76.9 Å². The number of amides is 2. The molecule has 0 atom stereocenters. The molecule has 12 nitrogen and oxygen atoms in total. The lowest BCUT2D eigenvalue weighted by molar-refractivity contribution is 0.101. The maximum Gasteiger partial charge on any atom is 0.255 e. The van der Waals surface area contributed by atoms with Gasteiger partial charge in [-0.1, -0.05) is 68.4 Å². The highest BCUT2D eigenvalue weighted by atomic mass is 16.2. The Morgan fingerprint density at radius 2 is 1.20 bits per heavy atom. The van der Waals surface area contributed by atoms with Crippen molar-refractivity contribution in [1.82, 2.24) is 41.2 Å². The van der Waals surface area contributed by atoms with Crippen molar-refractivity contribution in [3.8, 4) is 22.8 Å². The van der Waals surface area contributed by atoms with Crippen LogP contribution in [0.3, 0.4) is 0 Å². The summed E-state index contributed by atoms with van der Waals surface area (Å²) in [5, 5.41) is 33.3. The van der Waals surface area contributed by atoms with Gasteiger partial charge < -0.3 is 10.6 Å². The predicted octanol–water partition coefficient (Wildman–Crippen LogP) is 5.67. The molecule has 0 saturated heterocycles.